The van der Waals surface area contributed by atoms with E-state index in [0.717, 1.165) is 17.7 Å². The van der Waals surface area contributed by atoms with Crippen LogP contribution in [0.5, 0.6) is 0 Å². The summed E-state index contributed by atoms with van der Waals surface area (Å²) in [5.41, 5.74) is 2.15. The van der Waals surface area contributed by atoms with Gasteiger partial charge < -0.3 is 9.73 Å². The van der Waals surface area contributed by atoms with Gasteiger partial charge in [0.2, 0.25) is 5.91 Å². The summed E-state index contributed by atoms with van der Waals surface area (Å²) in [7, 11) is 0. The van der Waals surface area contributed by atoms with Crippen molar-refractivity contribution >= 4 is 5.91 Å². The number of rotatable bonds is 6. The molecule has 0 bridgehead atoms. The lowest BCUT2D eigenvalue weighted by Gasteiger charge is -2.33. The molecule has 0 spiro atoms. The minimum Gasteiger partial charge on any atom is -0.441 e. The maximum Gasteiger partial charge on any atom is 0.220 e. The van der Waals surface area contributed by atoms with Crippen molar-refractivity contribution in [2.24, 2.45) is 5.41 Å². The monoisotopic (exact) mass is 342 g/mol. The molecular weight excluding hydrogens is 312 g/mol. The molecule has 0 saturated carbocycles. The largest absolute Gasteiger partial charge is 0.441 e. The number of amides is 1. The Labute approximate surface area is 151 Å². The van der Waals surface area contributed by atoms with Crippen LogP contribution in [0.1, 0.15) is 58.9 Å². The van der Waals surface area contributed by atoms with E-state index in [1.54, 1.807) is 6.20 Å². The Hall–Kier alpha value is -2.10. The Morgan fingerprint density at radius 3 is 2.36 bits per heavy atom. The van der Waals surface area contributed by atoms with Gasteiger partial charge in [-0.2, -0.15) is 0 Å². The minimum atomic E-state index is -0.223. The highest BCUT2D eigenvalue weighted by molar-refractivity contribution is 5.76. The maximum atomic E-state index is 12.3. The van der Waals surface area contributed by atoms with Crippen LogP contribution < -0.4 is 5.32 Å². The van der Waals surface area contributed by atoms with E-state index in [4.69, 9.17) is 4.42 Å². The van der Waals surface area contributed by atoms with Crippen LogP contribution in [0.4, 0.5) is 0 Å². The molecule has 25 heavy (non-hydrogen) atoms. The second-order valence-electron chi connectivity index (χ2n) is 8.65. The topological polar surface area (TPSA) is 55.1 Å². The Morgan fingerprint density at radius 2 is 1.76 bits per heavy atom. The molecule has 0 aliphatic carbocycles. The van der Waals surface area contributed by atoms with Crippen LogP contribution in [0, 0.1) is 12.3 Å². The molecule has 0 saturated heterocycles. The standard InChI is InChI=1S/C21H30N2O2/c1-15-7-9-16(10-8-15)17-13-22-19(25-17)12-11-18(24)23-21(5,6)14-20(2,3)4/h7-10,13H,11-12,14H2,1-6H3,(H,23,24). The van der Waals surface area contributed by atoms with Gasteiger partial charge in [-0.3, -0.25) is 4.79 Å². The molecule has 1 N–H and O–H groups in total. The lowest BCUT2D eigenvalue weighted by atomic mass is 9.82. The third kappa shape index (κ3) is 6.37. The second-order valence-corrected chi connectivity index (χ2v) is 8.65. The van der Waals surface area contributed by atoms with Crippen molar-refractivity contribution < 1.29 is 9.21 Å². The number of aromatic nitrogens is 1. The summed E-state index contributed by atoms with van der Waals surface area (Å²) in [5.74, 6) is 1.37. The molecule has 2 aromatic rings. The van der Waals surface area contributed by atoms with Gasteiger partial charge in [0.15, 0.2) is 11.7 Å². The molecule has 0 aliphatic heterocycles. The van der Waals surface area contributed by atoms with Gasteiger partial charge in [0, 0.05) is 23.9 Å². The smallest absolute Gasteiger partial charge is 0.220 e. The molecule has 0 unspecified atom stereocenters. The highest BCUT2D eigenvalue weighted by Crippen LogP contribution is 2.27. The molecule has 136 valence electrons. The predicted molar refractivity (Wildman–Crippen MR) is 101 cm³/mol. The fourth-order valence-electron chi connectivity index (χ4n) is 3.31. The first-order chi connectivity index (χ1) is 11.5. The van der Waals surface area contributed by atoms with Gasteiger partial charge >= 0.3 is 0 Å². The molecule has 1 heterocycles. The summed E-state index contributed by atoms with van der Waals surface area (Å²) in [4.78, 5) is 16.5. The van der Waals surface area contributed by atoms with Gasteiger partial charge in [-0.05, 0) is 32.6 Å². The average Bonchev–Trinajstić information content (AvgIpc) is 2.91. The SMILES string of the molecule is Cc1ccc(-c2cnc(CCC(=O)NC(C)(C)CC(C)(C)C)o2)cc1. The normalized spacial score (nSPS) is 12.2. The van der Waals surface area contributed by atoms with E-state index in [-0.39, 0.29) is 16.9 Å². The lowest BCUT2D eigenvalue weighted by Crippen LogP contribution is -2.45. The zero-order valence-corrected chi connectivity index (χ0v) is 16.3. The minimum absolute atomic E-state index is 0.0318. The van der Waals surface area contributed by atoms with Crippen molar-refractivity contribution in [3.8, 4) is 11.3 Å². The molecule has 4 heteroatoms. The van der Waals surface area contributed by atoms with Crippen LogP contribution in [-0.2, 0) is 11.2 Å². The van der Waals surface area contributed by atoms with E-state index < -0.39 is 0 Å². The third-order valence-corrected chi connectivity index (χ3v) is 3.91. The fraction of sp³-hybridized carbons (Fsp3) is 0.524. The third-order valence-electron chi connectivity index (χ3n) is 3.91. The molecule has 1 aromatic heterocycles. The lowest BCUT2D eigenvalue weighted by molar-refractivity contribution is -0.123. The average molecular weight is 342 g/mol. The van der Waals surface area contributed by atoms with Crippen LogP contribution >= 0.6 is 0 Å². The summed E-state index contributed by atoms with van der Waals surface area (Å²) in [6.07, 6.45) is 3.52. The van der Waals surface area contributed by atoms with Crippen LogP contribution in [0.25, 0.3) is 11.3 Å². The van der Waals surface area contributed by atoms with Crippen LogP contribution in [0.15, 0.2) is 34.9 Å². The second kappa shape index (κ2) is 7.42. The van der Waals surface area contributed by atoms with Crippen molar-refractivity contribution in [2.75, 3.05) is 0 Å². The van der Waals surface area contributed by atoms with E-state index in [2.05, 4.69) is 51.8 Å². The molecule has 0 radical (unpaired) electrons. The zero-order valence-electron chi connectivity index (χ0n) is 16.3. The number of nitrogens with zero attached hydrogens (tertiary/aromatic N) is 1. The van der Waals surface area contributed by atoms with Crippen molar-refractivity contribution in [3.63, 3.8) is 0 Å². The van der Waals surface area contributed by atoms with Gasteiger partial charge in [-0.25, -0.2) is 4.98 Å². The summed E-state index contributed by atoms with van der Waals surface area (Å²) in [6, 6.07) is 8.12. The van der Waals surface area contributed by atoms with E-state index in [1.165, 1.54) is 5.56 Å². The van der Waals surface area contributed by atoms with E-state index in [0.29, 0.717) is 18.7 Å². The first-order valence-electron chi connectivity index (χ1n) is 8.87. The van der Waals surface area contributed by atoms with Gasteiger partial charge in [0.25, 0.3) is 0 Å². The molecule has 4 nitrogen and oxygen atoms in total. The van der Waals surface area contributed by atoms with Crippen molar-refractivity contribution in [2.45, 2.75) is 66.3 Å². The van der Waals surface area contributed by atoms with E-state index in [1.807, 2.05) is 24.3 Å². The number of carbonyl (C=O) groups excluding carboxylic acids is 1. The predicted octanol–water partition coefficient (Wildman–Crippen LogP) is 4.91. The summed E-state index contributed by atoms with van der Waals surface area (Å²) in [6.45, 7) is 12.7. The van der Waals surface area contributed by atoms with Crippen LogP contribution in [0.3, 0.4) is 0 Å². The van der Waals surface area contributed by atoms with Gasteiger partial charge in [0.05, 0.1) is 6.20 Å². The number of hydrogen-bond acceptors (Lipinski definition) is 3. The van der Waals surface area contributed by atoms with Gasteiger partial charge in [0.1, 0.15) is 0 Å². The number of nitrogens with one attached hydrogen (secondary N) is 1. The molecule has 0 aliphatic rings. The van der Waals surface area contributed by atoms with Crippen molar-refractivity contribution in [1.82, 2.24) is 10.3 Å². The van der Waals surface area contributed by atoms with Crippen LogP contribution in [-0.4, -0.2) is 16.4 Å². The number of carbonyl (C=O) groups is 1. The summed E-state index contributed by atoms with van der Waals surface area (Å²) >= 11 is 0. The van der Waals surface area contributed by atoms with Gasteiger partial charge in [-0.1, -0.05) is 50.6 Å². The Morgan fingerprint density at radius 1 is 1.12 bits per heavy atom. The number of oxazole rings is 1. The zero-order chi connectivity index (χ0) is 18.7. The highest BCUT2D eigenvalue weighted by Gasteiger charge is 2.26. The quantitative estimate of drug-likeness (QED) is 0.811. The van der Waals surface area contributed by atoms with E-state index in [9.17, 15) is 4.79 Å². The van der Waals surface area contributed by atoms with Crippen LogP contribution in [0.2, 0.25) is 0 Å². The first-order valence-corrected chi connectivity index (χ1v) is 8.87. The Balaban J connectivity index is 1.89. The number of hydrogen-bond donors (Lipinski definition) is 1. The Kier molecular flexibility index (Phi) is 5.71. The van der Waals surface area contributed by atoms with Crippen molar-refractivity contribution in [1.29, 1.82) is 0 Å². The Bertz CT molecular complexity index is 706. The molecule has 1 amide bonds. The molecular formula is C21H30N2O2. The van der Waals surface area contributed by atoms with Gasteiger partial charge in [-0.15, -0.1) is 0 Å². The number of aryl methyl sites for hydroxylation is 2. The molecule has 0 atom stereocenters. The fourth-order valence-corrected chi connectivity index (χ4v) is 3.31. The summed E-state index contributed by atoms with van der Waals surface area (Å²) in [5, 5.41) is 3.12. The number of benzene rings is 1. The maximum absolute atomic E-state index is 12.3. The van der Waals surface area contributed by atoms with E-state index >= 15 is 0 Å². The first kappa shape index (κ1) is 19.2. The highest BCUT2D eigenvalue weighted by atomic mass is 16.4. The molecule has 2 rings (SSSR count). The molecule has 1 aromatic carbocycles. The summed E-state index contributed by atoms with van der Waals surface area (Å²) < 4.78 is 5.78. The molecule has 0 fully saturated rings. The van der Waals surface area contributed by atoms with Crippen molar-refractivity contribution in [3.05, 3.63) is 41.9 Å².